The lowest BCUT2D eigenvalue weighted by molar-refractivity contribution is -0.138. The maximum absolute atomic E-state index is 12.8. The zero-order valence-electron chi connectivity index (χ0n) is 10.7. The van der Waals surface area contributed by atoms with E-state index in [1.54, 1.807) is 0 Å². The maximum atomic E-state index is 12.8. The van der Waals surface area contributed by atoms with Gasteiger partial charge in [0, 0.05) is 31.7 Å². The maximum Gasteiger partial charge on any atom is 0.416 e. The van der Waals surface area contributed by atoms with Gasteiger partial charge in [-0.1, -0.05) is 18.2 Å². The molecule has 0 saturated carbocycles. The molecule has 0 atom stereocenters. The van der Waals surface area contributed by atoms with Crippen molar-refractivity contribution in [1.82, 2.24) is 10.2 Å². The van der Waals surface area contributed by atoms with Crippen molar-refractivity contribution in [3.8, 4) is 0 Å². The molecule has 0 aliphatic carbocycles. The third-order valence-electron chi connectivity index (χ3n) is 3.05. The van der Waals surface area contributed by atoms with Crippen LogP contribution in [0, 0.1) is 0 Å². The van der Waals surface area contributed by atoms with E-state index in [0.717, 1.165) is 6.07 Å². The Balaban J connectivity index is 1.98. The van der Waals surface area contributed by atoms with Crippen molar-refractivity contribution in [2.75, 3.05) is 26.2 Å². The normalized spacial score (nSPS) is 16.1. The molecule has 2 rings (SSSR count). The van der Waals surface area contributed by atoms with Crippen LogP contribution in [0.1, 0.15) is 11.1 Å². The van der Waals surface area contributed by atoms with Gasteiger partial charge in [0.25, 0.3) is 0 Å². The number of piperazine rings is 1. The summed E-state index contributed by atoms with van der Waals surface area (Å²) in [7, 11) is 0. The highest BCUT2D eigenvalue weighted by Crippen LogP contribution is 2.32. The Morgan fingerprint density at radius 3 is 2.55 bits per heavy atom. The standard InChI is InChI=1S/C13H15F3N2O2/c14-13(15,16)11-4-2-1-3-10(11)9-20-12(19)18-7-5-17-6-8-18/h1-4,17H,5-9H2. The molecule has 7 heteroatoms. The number of rotatable bonds is 2. The lowest BCUT2D eigenvalue weighted by Crippen LogP contribution is -2.46. The molecule has 0 spiro atoms. The predicted molar refractivity (Wildman–Crippen MR) is 66.1 cm³/mol. The molecule has 0 radical (unpaired) electrons. The summed E-state index contributed by atoms with van der Waals surface area (Å²) in [6.07, 6.45) is -5.03. The van der Waals surface area contributed by atoms with Gasteiger partial charge in [0.05, 0.1) is 5.56 Å². The van der Waals surface area contributed by atoms with Crippen molar-refractivity contribution in [3.63, 3.8) is 0 Å². The minimum absolute atomic E-state index is 0.0384. The number of ether oxygens (including phenoxy) is 1. The van der Waals surface area contributed by atoms with Crippen molar-refractivity contribution >= 4 is 6.09 Å². The molecule has 0 aromatic heterocycles. The summed E-state index contributed by atoms with van der Waals surface area (Å²) >= 11 is 0. The van der Waals surface area contributed by atoms with E-state index in [-0.39, 0.29) is 12.2 Å². The van der Waals surface area contributed by atoms with E-state index >= 15 is 0 Å². The molecule has 110 valence electrons. The van der Waals surface area contributed by atoms with Gasteiger partial charge < -0.3 is 15.0 Å². The van der Waals surface area contributed by atoms with Crippen molar-refractivity contribution in [2.24, 2.45) is 0 Å². The summed E-state index contributed by atoms with van der Waals surface area (Å²) in [5.41, 5.74) is -0.809. The summed E-state index contributed by atoms with van der Waals surface area (Å²) in [6.45, 7) is 1.94. The minimum Gasteiger partial charge on any atom is -0.445 e. The number of nitrogens with zero attached hydrogens (tertiary/aromatic N) is 1. The third-order valence-corrected chi connectivity index (χ3v) is 3.05. The Morgan fingerprint density at radius 1 is 1.25 bits per heavy atom. The van der Waals surface area contributed by atoms with Crippen LogP contribution in [-0.2, 0) is 17.5 Å². The molecule has 1 aromatic rings. The molecule has 1 fully saturated rings. The second kappa shape index (κ2) is 6.13. The number of amides is 1. The van der Waals surface area contributed by atoms with Crippen LogP contribution in [0.2, 0.25) is 0 Å². The highest BCUT2D eigenvalue weighted by atomic mass is 19.4. The number of carbonyl (C=O) groups is 1. The Labute approximate surface area is 114 Å². The molecule has 1 aliphatic rings. The van der Waals surface area contributed by atoms with Crippen LogP contribution < -0.4 is 5.32 Å². The quantitative estimate of drug-likeness (QED) is 0.907. The fraction of sp³-hybridized carbons (Fsp3) is 0.462. The van der Waals surface area contributed by atoms with Gasteiger partial charge in [-0.05, 0) is 6.07 Å². The fourth-order valence-electron chi connectivity index (χ4n) is 2.00. The number of hydrogen-bond donors (Lipinski definition) is 1. The summed E-state index contributed by atoms with van der Waals surface area (Å²) in [6, 6.07) is 5.09. The van der Waals surface area contributed by atoms with Crippen molar-refractivity contribution in [2.45, 2.75) is 12.8 Å². The van der Waals surface area contributed by atoms with Crippen LogP contribution in [0.5, 0.6) is 0 Å². The Morgan fingerprint density at radius 2 is 1.90 bits per heavy atom. The van der Waals surface area contributed by atoms with Gasteiger partial charge in [0.15, 0.2) is 0 Å². The summed E-state index contributed by atoms with van der Waals surface area (Å²) in [5.74, 6) is 0. The number of halogens is 3. The first-order valence-electron chi connectivity index (χ1n) is 6.26. The van der Waals surface area contributed by atoms with Crippen LogP contribution in [0.3, 0.4) is 0 Å². The predicted octanol–water partition coefficient (Wildman–Crippen LogP) is 2.25. The van der Waals surface area contributed by atoms with E-state index in [9.17, 15) is 18.0 Å². The van der Waals surface area contributed by atoms with Gasteiger partial charge in [-0.15, -0.1) is 0 Å². The molecule has 20 heavy (non-hydrogen) atoms. The number of benzene rings is 1. The Hall–Kier alpha value is -1.76. The monoisotopic (exact) mass is 288 g/mol. The molecule has 1 heterocycles. The highest BCUT2D eigenvalue weighted by Gasteiger charge is 2.33. The average molecular weight is 288 g/mol. The molecule has 1 N–H and O–H groups in total. The first kappa shape index (κ1) is 14.6. The number of alkyl halides is 3. The van der Waals surface area contributed by atoms with E-state index in [1.807, 2.05) is 0 Å². The summed E-state index contributed by atoms with van der Waals surface area (Å²) in [5, 5.41) is 3.07. The molecule has 0 unspecified atom stereocenters. The first-order valence-corrected chi connectivity index (χ1v) is 6.26. The fourth-order valence-corrected chi connectivity index (χ4v) is 2.00. The SMILES string of the molecule is O=C(OCc1ccccc1C(F)(F)F)N1CCNCC1. The van der Waals surface area contributed by atoms with Crippen LogP contribution in [-0.4, -0.2) is 37.2 Å². The summed E-state index contributed by atoms with van der Waals surface area (Å²) in [4.78, 5) is 13.2. The molecule has 0 bridgehead atoms. The van der Waals surface area contributed by atoms with Gasteiger partial charge in [-0.3, -0.25) is 0 Å². The lowest BCUT2D eigenvalue weighted by atomic mass is 10.1. The highest BCUT2D eigenvalue weighted by molar-refractivity contribution is 5.67. The van der Waals surface area contributed by atoms with E-state index in [4.69, 9.17) is 4.74 Å². The zero-order valence-corrected chi connectivity index (χ0v) is 10.7. The van der Waals surface area contributed by atoms with Gasteiger partial charge in [0.1, 0.15) is 6.61 Å². The topological polar surface area (TPSA) is 41.6 Å². The third kappa shape index (κ3) is 3.63. The number of hydrogen-bond acceptors (Lipinski definition) is 3. The van der Waals surface area contributed by atoms with Crippen LogP contribution >= 0.6 is 0 Å². The Kier molecular flexibility index (Phi) is 4.49. The van der Waals surface area contributed by atoms with Gasteiger partial charge in [0.2, 0.25) is 0 Å². The molecular formula is C13H15F3N2O2. The second-order valence-corrected chi connectivity index (χ2v) is 4.45. The first-order chi connectivity index (χ1) is 9.48. The van der Waals surface area contributed by atoms with E-state index in [2.05, 4.69) is 5.32 Å². The second-order valence-electron chi connectivity index (χ2n) is 4.45. The molecule has 1 aliphatic heterocycles. The van der Waals surface area contributed by atoms with E-state index < -0.39 is 17.8 Å². The van der Waals surface area contributed by atoms with Gasteiger partial charge in [-0.25, -0.2) is 4.79 Å². The van der Waals surface area contributed by atoms with Crippen molar-refractivity contribution in [3.05, 3.63) is 35.4 Å². The molecule has 1 amide bonds. The van der Waals surface area contributed by atoms with Crippen molar-refractivity contribution in [1.29, 1.82) is 0 Å². The number of carbonyl (C=O) groups excluding carboxylic acids is 1. The molecule has 4 nitrogen and oxygen atoms in total. The smallest absolute Gasteiger partial charge is 0.416 e. The largest absolute Gasteiger partial charge is 0.445 e. The molecule has 1 aromatic carbocycles. The van der Waals surface area contributed by atoms with Gasteiger partial charge in [-0.2, -0.15) is 13.2 Å². The average Bonchev–Trinajstić information content (AvgIpc) is 2.45. The van der Waals surface area contributed by atoms with Crippen molar-refractivity contribution < 1.29 is 22.7 Å². The van der Waals surface area contributed by atoms with Gasteiger partial charge >= 0.3 is 12.3 Å². The zero-order chi connectivity index (χ0) is 14.6. The number of nitrogens with one attached hydrogen (secondary N) is 1. The van der Waals surface area contributed by atoms with Crippen LogP contribution in [0.15, 0.2) is 24.3 Å². The molecular weight excluding hydrogens is 273 g/mol. The lowest BCUT2D eigenvalue weighted by Gasteiger charge is -2.26. The Bertz CT molecular complexity index is 471. The molecule has 1 saturated heterocycles. The van der Waals surface area contributed by atoms with E-state index in [1.165, 1.54) is 23.1 Å². The van der Waals surface area contributed by atoms with E-state index in [0.29, 0.717) is 26.2 Å². The summed E-state index contributed by atoms with van der Waals surface area (Å²) < 4.78 is 43.3. The van der Waals surface area contributed by atoms with Crippen LogP contribution in [0.25, 0.3) is 0 Å². The van der Waals surface area contributed by atoms with Crippen LogP contribution in [0.4, 0.5) is 18.0 Å². The minimum atomic E-state index is -4.45.